The van der Waals surface area contributed by atoms with Crippen molar-refractivity contribution in [2.24, 2.45) is 0 Å². The van der Waals surface area contributed by atoms with Crippen molar-refractivity contribution < 1.29 is 38.0 Å². The van der Waals surface area contributed by atoms with Crippen LogP contribution in [0.15, 0.2) is 152 Å². The molecule has 0 aromatic heterocycles. The molecule has 9 heteroatoms. The van der Waals surface area contributed by atoms with Gasteiger partial charge in [-0.25, -0.2) is 0 Å². The Morgan fingerprint density at radius 1 is 0.571 bits per heavy atom. The Morgan fingerprint density at radius 3 is 1.48 bits per heavy atom. The van der Waals surface area contributed by atoms with Crippen LogP contribution >= 0.6 is 0 Å². The third-order valence-corrected chi connectivity index (χ3v) is 9.64. The number of benzene rings is 5. The topological polar surface area (TPSA) is 102 Å². The van der Waals surface area contributed by atoms with Gasteiger partial charge in [0.15, 0.2) is 0 Å². The normalized spacial score (nSPS) is 19.8. The highest BCUT2D eigenvalue weighted by Gasteiger charge is 2.48. The molecule has 56 heavy (non-hydrogen) atoms. The van der Waals surface area contributed by atoms with Crippen LogP contribution in [0.5, 0.6) is 0 Å². The van der Waals surface area contributed by atoms with E-state index in [1.807, 2.05) is 140 Å². The summed E-state index contributed by atoms with van der Waals surface area (Å²) in [5.41, 5.74) is 4.60. The predicted molar refractivity (Wildman–Crippen MR) is 213 cm³/mol. The summed E-state index contributed by atoms with van der Waals surface area (Å²) in [6.07, 6.45) is -1.87. The number of carbonyl (C=O) groups excluding carboxylic acids is 2. The van der Waals surface area contributed by atoms with E-state index in [2.05, 4.69) is 5.32 Å². The van der Waals surface area contributed by atoms with Crippen molar-refractivity contribution in [3.8, 4) is 0 Å². The van der Waals surface area contributed by atoms with Gasteiger partial charge in [-0.05, 0) is 47.2 Å². The summed E-state index contributed by atoms with van der Waals surface area (Å²) in [5, 5.41) is 3.08. The first-order chi connectivity index (χ1) is 27.5. The number of rotatable bonds is 20. The smallest absolute Gasteiger partial charge is 0.302 e. The van der Waals surface area contributed by atoms with Crippen LogP contribution < -0.4 is 5.32 Å². The number of ether oxygens (including phenoxy) is 6. The van der Waals surface area contributed by atoms with Gasteiger partial charge in [-0.2, -0.15) is 0 Å². The van der Waals surface area contributed by atoms with E-state index in [1.165, 1.54) is 6.92 Å². The van der Waals surface area contributed by atoms with Crippen LogP contribution in [0.25, 0.3) is 0 Å². The van der Waals surface area contributed by atoms with Crippen molar-refractivity contribution >= 4 is 11.9 Å². The van der Waals surface area contributed by atoms with Gasteiger partial charge in [-0.15, -0.1) is 0 Å². The molecule has 1 amide bonds. The van der Waals surface area contributed by atoms with Gasteiger partial charge < -0.3 is 33.7 Å². The van der Waals surface area contributed by atoms with Crippen molar-refractivity contribution in [1.82, 2.24) is 5.32 Å². The van der Waals surface area contributed by atoms with E-state index in [1.54, 1.807) is 12.1 Å². The van der Waals surface area contributed by atoms with Crippen molar-refractivity contribution in [3.63, 3.8) is 0 Å². The Hall–Kier alpha value is -5.16. The van der Waals surface area contributed by atoms with Gasteiger partial charge in [0.05, 0.1) is 45.2 Å². The first-order valence-corrected chi connectivity index (χ1v) is 19.2. The summed E-state index contributed by atoms with van der Waals surface area (Å²) in [6.45, 7) is 2.99. The largest absolute Gasteiger partial charge is 0.464 e. The summed E-state index contributed by atoms with van der Waals surface area (Å²) in [5.74, 6) is -0.680. The van der Waals surface area contributed by atoms with Crippen molar-refractivity contribution in [2.45, 2.75) is 82.8 Å². The first kappa shape index (κ1) is 40.5. The van der Waals surface area contributed by atoms with Crippen LogP contribution in [0.4, 0.5) is 0 Å². The SMILES string of the molecule is CC(=O)OCC(CC[C@@H]1O[C@H](COCc2ccccc2)[C@H](OCc2ccccc2)[C@H](OCc2ccccc2)[C@H]1OCc1ccccc1)NC(=O)c1ccccc1. The van der Waals surface area contributed by atoms with Gasteiger partial charge in [-0.3, -0.25) is 9.59 Å². The maximum absolute atomic E-state index is 13.3. The quantitative estimate of drug-likeness (QED) is 0.0802. The number of carbonyl (C=O) groups is 2. The van der Waals surface area contributed by atoms with Gasteiger partial charge in [0.25, 0.3) is 5.91 Å². The number of esters is 1. The zero-order valence-electron chi connectivity index (χ0n) is 31.8. The molecule has 1 heterocycles. The van der Waals surface area contributed by atoms with Crippen LogP contribution in [-0.2, 0) is 59.6 Å². The predicted octanol–water partition coefficient (Wildman–Crippen LogP) is 7.87. The van der Waals surface area contributed by atoms with E-state index in [0.29, 0.717) is 44.8 Å². The molecule has 0 spiro atoms. The molecule has 5 aromatic carbocycles. The minimum atomic E-state index is -0.579. The third-order valence-electron chi connectivity index (χ3n) is 9.64. The van der Waals surface area contributed by atoms with E-state index in [-0.39, 0.29) is 19.1 Å². The molecule has 0 bridgehead atoms. The monoisotopic (exact) mass is 757 g/mol. The minimum absolute atomic E-state index is 0.0104. The molecule has 6 atom stereocenters. The van der Waals surface area contributed by atoms with Gasteiger partial charge in [0.2, 0.25) is 0 Å². The number of hydrogen-bond donors (Lipinski definition) is 1. The summed E-state index contributed by atoms with van der Waals surface area (Å²) in [7, 11) is 0. The molecule has 6 rings (SSSR count). The Bertz CT molecular complexity index is 1860. The Morgan fingerprint density at radius 2 is 1.00 bits per heavy atom. The summed E-state index contributed by atoms with van der Waals surface area (Å²) in [4.78, 5) is 25.2. The third kappa shape index (κ3) is 12.7. The molecule has 1 aliphatic rings. The molecule has 0 aliphatic carbocycles. The fourth-order valence-electron chi connectivity index (χ4n) is 6.76. The fraction of sp³-hybridized carbons (Fsp3) is 0.319. The van der Waals surface area contributed by atoms with Crippen molar-refractivity contribution in [3.05, 3.63) is 179 Å². The molecule has 1 fully saturated rings. The van der Waals surface area contributed by atoms with E-state index in [9.17, 15) is 9.59 Å². The molecule has 1 aliphatic heterocycles. The summed E-state index contributed by atoms with van der Waals surface area (Å²) >= 11 is 0. The maximum atomic E-state index is 13.3. The number of hydrogen-bond acceptors (Lipinski definition) is 8. The lowest BCUT2D eigenvalue weighted by Crippen LogP contribution is -2.61. The lowest BCUT2D eigenvalue weighted by Gasteiger charge is -2.46. The fourth-order valence-corrected chi connectivity index (χ4v) is 6.76. The van der Waals surface area contributed by atoms with Gasteiger partial charge >= 0.3 is 5.97 Å². The summed E-state index contributed by atoms with van der Waals surface area (Å²) < 4.78 is 39.3. The van der Waals surface area contributed by atoms with Crippen LogP contribution in [0, 0.1) is 0 Å². The molecule has 1 N–H and O–H groups in total. The van der Waals surface area contributed by atoms with Crippen molar-refractivity contribution in [2.75, 3.05) is 13.2 Å². The number of nitrogens with one attached hydrogen (secondary N) is 1. The second kappa shape index (κ2) is 21.8. The second-order valence-electron chi connectivity index (χ2n) is 13.9. The maximum Gasteiger partial charge on any atom is 0.302 e. The minimum Gasteiger partial charge on any atom is -0.464 e. The van der Waals surface area contributed by atoms with Gasteiger partial charge in [-0.1, -0.05) is 140 Å². The molecule has 0 radical (unpaired) electrons. The molecule has 292 valence electrons. The lowest BCUT2D eigenvalue weighted by atomic mass is 9.90. The van der Waals surface area contributed by atoms with Crippen LogP contribution in [0.1, 0.15) is 52.4 Å². The van der Waals surface area contributed by atoms with Crippen LogP contribution in [0.3, 0.4) is 0 Å². The van der Waals surface area contributed by atoms with Crippen molar-refractivity contribution in [1.29, 1.82) is 0 Å². The zero-order chi connectivity index (χ0) is 38.8. The first-order valence-electron chi connectivity index (χ1n) is 19.2. The van der Waals surface area contributed by atoms with Crippen LogP contribution in [-0.4, -0.2) is 61.7 Å². The summed E-state index contributed by atoms with van der Waals surface area (Å²) in [6, 6.07) is 48.5. The highest BCUT2D eigenvalue weighted by atomic mass is 16.6. The highest BCUT2D eigenvalue weighted by molar-refractivity contribution is 5.94. The number of amides is 1. The second-order valence-corrected chi connectivity index (χ2v) is 13.9. The Kier molecular flexibility index (Phi) is 15.8. The van der Waals surface area contributed by atoms with E-state index in [0.717, 1.165) is 22.3 Å². The molecule has 5 aromatic rings. The molecule has 9 nitrogen and oxygen atoms in total. The molecular formula is C47H51NO8. The standard InChI is InChI=1S/C47H51NO8/c1-35(49)52-33-41(48-47(50)40-25-15-6-16-26-40)27-28-42-44(53-30-37-19-9-3-10-20-37)46(55-32-39-23-13-5-14-24-39)45(54-31-38-21-11-4-12-22-38)43(56-42)34-51-29-36-17-7-2-8-18-36/h2-26,41-46H,27-34H2,1H3,(H,48,50)/t41?,42-,43+,44-,45-,46+/m0/s1. The molecular weight excluding hydrogens is 707 g/mol. The van der Waals surface area contributed by atoms with E-state index < -0.39 is 42.5 Å². The Balaban J connectivity index is 1.30. The molecule has 1 unspecified atom stereocenters. The van der Waals surface area contributed by atoms with E-state index in [4.69, 9.17) is 28.4 Å². The molecule has 1 saturated heterocycles. The lowest BCUT2D eigenvalue weighted by molar-refractivity contribution is -0.273. The van der Waals surface area contributed by atoms with Gasteiger partial charge in [0, 0.05) is 12.5 Å². The van der Waals surface area contributed by atoms with Gasteiger partial charge in [0.1, 0.15) is 31.0 Å². The zero-order valence-corrected chi connectivity index (χ0v) is 31.8. The van der Waals surface area contributed by atoms with Crippen LogP contribution in [0.2, 0.25) is 0 Å². The highest BCUT2D eigenvalue weighted by Crippen LogP contribution is 2.33. The average Bonchev–Trinajstić information content (AvgIpc) is 3.24. The Labute approximate surface area is 329 Å². The average molecular weight is 758 g/mol. The molecule has 0 saturated carbocycles. The van der Waals surface area contributed by atoms with E-state index >= 15 is 0 Å².